The zero-order valence-corrected chi connectivity index (χ0v) is 23.5. The number of hydrogen-bond donors (Lipinski definition) is 1. The number of halogens is 1. The number of carbonyl (C=O) groups excluding carboxylic acids is 2. The van der Waals surface area contributed by atoms with E-state index >= 15 is 0 Å². The highest BCUT2D eigenvalue weighted by molar-refractivity contribution is 7.90. The van der Waals surface area contributed by atoms with Gasteiger partial charge in [-0.2, -0.15) is 12.7 Å². The van der Waals surface area contributed by atoms with Gasteiger partial charge in [-0.1, -0.05) is 49.2 Å². The summed E-state index contributed by atoms with van der Waals surface area (Å²) in [5.41, 5.74) is 2.77. The average molecular weight is 537 g/mol. The van der Waals surface area contributed by atoms with Gasteiger partial charge in [-0.05, 0) is 62.1 Å². The molecule has 36 heavy (non-hydrogen) atoms. The van der Waals surface area contributed by atoms with Crippen molar-refractivity contribution in [2.45, 2.75) is 53.1 Å². The van der Waals surface area contributed by atoms with E-state index in [1.807, 2.05) is 26.0 Å². The topological polar surface area (TPSA) is 90.0 Å². The molecule has 0 saturated heterocycles. The van der Waals surface area contributed by atoms with E-state index < -0.39 is 28.7 Å². The maximum Gasteiger partial charge on any atom is 0.304 e. The van der Waals surface area contributed by atoms with Crippen LogP contribution in [0.5, 0.6) is 0 Å². The molecule has 1 N–H and O–H groups in total. The Balaban J connectivity index is 2.46. The first-order valence-corrected chi connectivity index (χ1v) is 13.7. The molecule has 2 aromatic carbocycles. The lowest BCUT2D eigenvalue weighted by atomic mass is 10.1. The minimum atomic E-state index is -4.00. The molecule has 0 radical (unpaired) electrons. The van der Waals surface area contributed by atoms with Gasteiger partial charge >= 0.3 is 10.2 Å². The first-order valence-electron chi connectivity index (χ1n) is 12.0. The van der Waals surface area contributed by atoms with Crippen LogP contribution in [-0.4, -0.2) is 62.7 Å². The molecule has 0 aliphatic carbocycles. The molecule has 0 heterocycles. The van der Waals surface area contributed by atoms with Gasteiger partial charge in [0.2, 0.25) is 11.8 Å². The Morgan fingerprint density at radius 2 is 1.69 bits per heavy atom. The van der Waals surface area contributed by atoms with Crippen molar-refractivity contribution in [3.63, 3.8) is 0 Å². The van der Waals surface area contributed by atoms with Crippen LogP contribution in [0, 0.1) is 13.8 Å². The first-order chi connectivity index (χ1) is 16.9. The minimum absolute atomic E-state index is 0.126. The summed E-state index contributed by atoms with van der Waals surface area (Å²) in [6, 6.07) is 11.6. The fourth-order valence-electron chi connectivity index (χ4n) is 3.60. The SMILES string of the molecule is CCCCNC(=O)C(C)N(Cc1ccc(Cl)cc1)C(=O)CN(c1cc(C)ccc1C)S(=O)(=O)N(C)C. The lowest BCUT2D eigenvalue weighted by molar-refractivity contribution is -0.139. The van der Waals surface area contributed by atoms with Crippen molar-refractivity contribution in [3.8, 4) is 0 Å². The van der Waals surface area contributed by atoms with Crippen LogP contribution in [0.15, 0.2) is 42.5 Å². The van der Waals surface area contributed by atoms with Gasteiger partial charge < -0.3 is 10.2 Å². The molecule has 0 fully saturated rings. The van der Waals surface area contributed by atoms with E-state index in [9.17, 15) is 18.0 Å². The number of unbranched alkanes of at least 4 members (excludes halogenated alkanes) is 1. The number of amides is 2. The molecule has 1 atom stereocenters. The van der Waals surface area contributed by atoms with Gasteiger partial charge in [0.25, 0.3) is 0 Å². The van der Waals surface area contributed by atoms with Gasteiger partial charge in [-0.25, -0.2) is 4.31 Å². The molecule has 2 rings (SSSR count). The highest BCUT2D eigenvalue weighted by atomic mass is 35.5. The summed E-state index contributed by atoms with van der Waals surface area (Å²) in [5.74, 6) is -0.783. The Morgan fingerprint density at radius 3 is 2.28 bits per heavy atom. The molecule has 198 valence electrons. The Morgan fingerprint density at radius 1 is 1.06 bits per heavy atom. The van der Waals surface area contributed by atoms with Crippen molar-refractivity contribution >= 4 is 39.3 Å². The summed E-state index contributed by atoms with van der Waals surface area (Å²) in [7, 11) is -1.15. The average Bonchev–Trinajstić information content (AvgIpc) is 2.83. The molecule has 10 heteroatoms. The third-order valence-electron chi connectivity index (χ3n) is 5.92. The Labute approximate surface area is 220 Å². The summed E-state index contributed by atoms with van der Waals surface area (Å²) in [5, 5.41) is 3.43. The number of nitrogens with one attached hydrogen (secondary N) is 1. The van der Waals surface area contributed by atoms with Gasteiger partial charge in [0.05, 0.1) is 5.69 Å². The summed E-state index contributed by atoms with van der Waals surface area (Å²) >= 11 is 6.02. The summed E-state index contributed by atoms with van der Waals surface area (Å²) in [6.45, 7) is 7.52. The predicted octanol–water partition coefficient (Wildman–Crippen LogP) is 3.90. The van der Waals surface area contributed by atoms with Crippen LogP contribution < -0.4 is 9.62 Å². The van der Waals surface area contributed by atoms with E-state index in [4.69, 9.17) is 11.6 Å². The Hall–Kier alpha value is -2.62. The molecule has 0 saturated carbocycles. The second kappa shape index (κ2) is 13.1. The van der Waals surface area contributed by atoms with Crippen molar-refractivity contribution < 1.29 is 18.0 Å². The van der Waals surface area contributed by atoms with Gasteiger partial charge in [-0.3, -0.25) is 9.59 Å². The first kappa shape index (κ1) is 29.6. The van der Waals surface area contributed by atoms with E-state index in [2.05, 4.69) is 5.32 Å². The van der Waals surface area contributed by atoms with E-state index in [1.54, 1.807) is 44.2 Å². The van der Waals surface area contributed by atoms with Crippen LogP contribution in [-0.2, 0) is 26.3 Å². The fourth-order valence-corrected chi connectivity index (χ4v) is 4.83. The lowest BCUT2D eigenvalue weighted by Crippen LogP contribution is -2.52. The number of rotatable bonds is 12. The number of aryl methyl sites for hydroxylation is 2. The summed E-state index contributed by atoms with van der Waals surface area (Å²) in [6.07, 6.45) is 1.75. The van der Waals surface area contributed by atoms with Crippen LogP contribution >= 0.6 is 11.6 Å². The summed E-state index contributed by atoms with van der Waals surface area (Å²) < 4.78 is 28.8. The van der Waals surface area contributed by atoms with Crippen molar-refractivity contribution in [3.05, 3.63) is 64.2 Å². The van der Waals surface area contributed by atoms with Crippen molar-refractivity contribution in [2.75, 3.05) is 31.5 Å². The van der Waals surface area contributed by atoms with E-state index in [1.165, 1.54) is 19.0 Å². The zero-order valence-electron chi connectivity index (χ0n) is 21.9. The maximum atomic E-state index is 13.7. The van der Waals surface area contributed by atoms with Crippen LogP contribution in [0.1, 0.15) is 43.4 Å². The van der Waals surface area contributed by atoms with E-state index in [0.717, 1.165) is 32.6 Å². The van der Waals surface area contributed by atoms with E-state index in [0.29, 0.717) is 22.8 Å². The third-order valence-corrected chi connectivity index (χ3v) is 7.97. The number of carbonyl (C=O) groups is 2. The molecular formula is C26H37ClN4O4S. The molecule has 0 aromatic heterocycles. The number of anilines is 1. The minimum Gasteiger partial charge on any atom is -0.354 e. The third kappa shape index (κ3) is 7.69. The molecule has 1 unspecified atom stereocenters. The van der Waals surface area contributed by atoms with Crippen LogP contribution in [0.4, 0.5) is 5.69 Å². The quantitative estimate of drug-likeness (QED) is 0.416. The Bertz CT molecular complexity index is 1150. The lowest BCUT2D eigenvalue weighted by Gasteiger charge is -2.33. The second-order valence-electron chi connectivity index (χ2n) is 9.06. The molecule has 0 spiro atoms. The van der Waals surface area contributed by atoms with Crippen LogP contribution in [0.3, 0.4) is 0 Å². The second-order valence-corrected chi connectivity index (χ2v) is 11.6. The van der Waals surface area contributed by atoms with Gasteiger partial charge in [0.1, 0.15) is 12.6 Å². The highest BCUT2D eigenvalue weighted by Crippen LogP contribution is 2.26. The molecule has 2 amide bonds. The molecule has 2 aromatic rings. The number of hydrogen-bond acceptors (Lipinski definition) is 4. The molecular weight excluding hydrogens is 500 g/mol. The van der Waals surface area contributed by atoms with Crippen molar-refractivity contribution in [1.29, 1.82) is 0 Å². The Kier molecular flexibility index (Phi) is 10.8. The monoisotopic (exact) mass is 536 g/mol. The number of nitrogens with zero attached hydrogens (tertiary/aromatic N) is 3. The smallest absolute Gasteiger partial charge is 0.304 e. The van der Waals surface area contributed by atoms with Gasteiger partial charge in [-0.15, -0.1) is 0 Å². The number of benzene rings is 2. The van der Waals surface area contributed by atoms with Gasteiger partial charge in [0, 0.05) is 32.2 Å². The normalized spacial score (nSPS) is 12.3. The van der Waals surface area contributed by atoms with E-state index in [-0.39, 0.29) is 12.5 Å². The standard InChI is InChI=1S/C26H37ClN4O4S/c1-7-8-15-28-26(33)21(4)30(17-22-11-13-23(27)14-12-22)25(32)18-31(36(34,35)29(5)6)24-16-19(2)9-10-20(24)3/h9-14,16,21H,7-8,15,17-18H2,1-6H3,(H,28,33). The molecule has 0 aliphatic rings. The van der Waals surface area contributed by atoms with Crippen molar-refractivity contribution in [2.24, 2.45) is 0 Å². The van der Waals surface area contributed by atoms with Crippen LogP contribution in [0.25, 0.3) is 0 Å². The summed E-state index contributed by atoms with van der Waals surface area (Å²) in [4.78, 5) is 28.0. The predicted molar refractivity (Wildman–Crippen MR) is 145 cm³/mol. The fraction of sp³-hybridized carbons (Fsp3) is 0.462. The largest absolute Gasteiger partial charge is 0.354 e. The zero-order chi connectivity index (χ0) is 27.0. The van der Waals surface area contributed by atoms with Crippen molar-refractivity contribution in [1.82, 2.24) is 14.5 Å². The molecule has 0 aliphatic heterocycles. The molecule has 0 bridgehead atoms. The highest BCUT2D eigenvalue weighted by Gasteiger charge is 2.33. The molecule has 8 nitrogen and oxygen atoms in total. The maximum absolute atomic E-state index is 13.7. The van der Waals surface area contributed by atoms with Gasteiger partial charge in [0.15, 0.2) is 0 Å². The van der Waals surface area contributed by atoms with Crippen LogP contribution in [0.2, 0.25) is 5.02 Å².